The van der Waals surface area contributed by atoms with Gasteiger partial charge in [0.25, 0.3) is 0 Å². The van der Waals surface area contributed by atoms with Crippen LogP contribution in [0.5, 0.6) is 0 Å². The van der Waals surface area contributed by atoms with Gasteiger partial charge in [0.05, 0.1) is 4.99 Å². The van der Waals surface area contributed by atoms with Gasteiger partial charge in [0.2, 0.25) is 5.91 Å². The van der Waals surface area contributed by atoms with Crippen molar-refractivity contribution in [3.63, 3.8) is 0 Å². The predicted molar refractivity (Wildman–Crippen MR) is 84.2 cm³/mol. The third-order valence-corrected chi connectivity index (χ3v) is 5.96. The van der Waals surface area contributed by atoms with Gasteiger partial charge in [-0.1, -0.05) is 19.1 Å². The Morgan fingerprint density at radius 1 is 1.25 bits per heavy atom. The van der Waals surface area contributed by atoms with Crippen LogP contribution in [0.15, 0.2) is 0 Å². The molecule has 3 nitrogen and oxygen atoms in total. The monoisotopic (exact) mass is 294 g/mol. The van der Waals surface area contributed by atoms with Gasteiger partial charge in [-0.05, 0) is 62.7 Å². The van der Waals surface area contributed by atoms with Crippen LogP contribution in [0.25, 0.3) is 0 Å². The van der Waals surface area contributed by atoms with Crippen LogP contribution in [0.2, 0.25) is 0 Å². The van der Waals surface area contributed by atoms with Gasteiger partial charge in [0.1, 0.15) is 0 Å². The first kappa shape index (κ1) is 14.3. The lowest BCUT2D eigenvalue weighted by Gasteiger charge is -2.55. The summed E-state index contributed by atoms with van der Waals surface area (Å²) in [6, 6.07) is 0.119. The fraction of sp³-hybridized carbons (Fsp3) is 0.875. The molecular weight excluding hydrogens is 268 g/mol. The van der Waals surface area contributed by atoms with Crippen molar-refractivity contribution in [2.45, 2.75) is 64.3 Å². The number of rotatable bonds is 5. The molecule has 1 amide bonds. The van der Waals surface area contributed by atoms with Crippen molar-refractivity contribution in [2.75, 3.05) is 0 Å². The highest BCUT2D eigenvalue weighted by atomic mass is 32.1. The second-order valence-corrected chi connectivity index (χ2v) is 7.97. The summed E-state index contributed by atoms with van der Waals surface area (Å²) >= 11 is 4.99. The van der Waals surface area contributed by atoms with Gasteiger partial charge in [-0.3, -0.25) is 4.79 Å². The van der Waals surface area contributed by atoms with Crippen molar-refractivity contribution in [3.05, 3.63) is 0 Å². The summed E-state index contributed by atoms with van der Waals surface area (Å²) in [5.74, 6) is 2.72. The van der Waals surface area contributed by atoms with Gasteiger partial charge in [0, 0.05) is 17.9 Å². The quantitative estimate of drug-likeness (QED) is 0.767. The lowest BCUT2D eigenvalue weighted by molar-refractivity contribution is -0.147. The van der Waals surface area contributed by atoms with Crippen LogP contribution < -0.4 is 11.1 Å². The van der Waals surface area contributed by atoms with Gasteiger partial charge in [-0.25, -0.2) is 0 Å². The number of carbonyl (C=O) groups is 1. The highest BCUT2D eigenvalue weighted by molar-refractivity contribution is 7.80. The summed E-state index contributed by atoms with van der Waals surface area (Å²) in [5.41, 5.74) is 5.57. The molecule has 4 bridgehead atoms. The molecule has 4 heteroatoms. The number of hydrogen-bond acceptors (Lipinski definition) is 2. The van der Waals surface area contributed by atoms with E-state index in [0.717, 1.165) is 43.4 Å². The van der Waals surface area contributed by atoms with Gasteiger partial charge in [0.15, 0.2) is 0 Å². The fourth-order valence-corrected chi connectivity index (χ4v) is 5.47. The number of nitrogens with one attached hydrogen (secondary N) is 1. The van der Waals surface area contributed by atoms with E-state index < -0.39 is 0 Å². The second-order valence-electron chi connectivity index (χ2n) is 7.45. The highest BCUT2D eigenvalue weighted by Gasteiger charge is 2.54. The van der Waals surface area contributed by atoms with Gasteiger partial charge in [-0.2, -0.15) is 0 Å². The zero-order valence-electron chi connectivity index (χ0n) is 12.4. The molecular formula is C16H26N2OS. The van der Waals surface area contributed by atoms with E-state index in [2.05, 4.69) is 12.2 Å². The maximum absolute atomic E-state index is 12.9. The number of amides is 1. The minimum atomic E-state index is -0.0572. The van der Waals surface area contributed by atoms with Crippen molar-refractivity contribution in [2.24, 2.45) is 28.9 Å². The number of nitrogens with two attached hydrogens (primary N) is 1. The summed E-state index contributed by atoms with van der Waals surface area (Å²) < 4.78 is 0. The molecule has 0 aromatic rings. The average molecular weight is 294 g/mol. The fourth-order valence-electron chi connectivity index (χ4n) is 5.27. The van der Waals surface area contributed by atoms with E-state index in [4.69, 9.17) is 18.0 Å². The Morgan fingerprint density at radius 2 is 1.75 bits per heavy atom. The molecule has 4 aliphatic rings. The van der Waals surface area contributed by atoms with Crippen molar-refractivity contribution in [3.8, 4) is 0 Å². The van der Waals surface area contributed by atoms with E-state index in [1.165, 1.54) is 19.3 Å². The summed E-state index contributed by atoms with van der Waals surface area (Å²) in [5, 5.41) is 3.25. The Balaban J connectivity index is 1.68. The third-order valence-electron chi connectivity index (χ3n) is 5.80. The number of hydrogen-bond donors (Lipinski definition) is 2. The Hall–Kier alpha value is -0.640. The van der Waals surface area contributed by atoms with E-state index in [-0.39, 0.29) is 11.5 Å². The first-order chi connectivity index (χ1) is 9.50. The molecule has 0 aliphatic heterocycles. The molecule has 20 heavy (non-hydrogen) atoms. The molecule has 4 saturated carbocycles. The summed E-state index contributed by atoms with van der Waals surface area (Å²) in [7, 11) is 0. The van der Waals surface area contributed by atoms with Gasteiger partial charge >= 0.3 is 0 Å². The van der Waals surface area contributed by atoms with E-state index in [9.17, 15) is 4.79 Å². The lowest BCUT2D eigenvalue weighted by Crippen LogP contribution is -2.55. The van der Waals surface area contributed by atoms with Crippen LogP contribution in [0, 0.1) is 23.2 Å². The van der Waals surface area contributed by atoms with Crippen molar-refractivity contribution >= 4 is 23.1 Å². The molecule has 0 radical (unpaired) electrons. The largest absolute Gasteiger partial charge is 0.393 e. The smallest absolute Gasteiger partial charge is 0.226 e. The normalized spacial score (nSPS) is 39.5. The molecule has 1 unspecified atom stereocenters. The Kier molecular flexibility index (Phi) is 3.78. The predicted octanol–water partition coefficient (Wildman–Crippen LogP) is 2.77. The van der Waals surface area contributed by atoms with E-state index in [0.29, 0.717) is 17.3 Å². The van der Waals surface area contributed by atoms with Crippen LogP contribution in [-0.4, -0.2) is 16.9 Å². The van der Waals surface area contributed by atoms with Gasteiger partial charge < -0.3 is 11.1 Å². The third kappa shape index (κ3) is 2.59. The second kappa shape index (κ2) is 5.28. The van der Waals surface area contributed by atoms with E-state index in [1.54, 1.807) is 0 Å². The topological polar surface area (TPSA) is 55.1 Å². The van der Waals surface area contributed by atoms with Crippen LogP contribution >= 0.6 is 12.2 Å². The molecule has 4 fully saturated rings. The maximum Gasteiger partial charge on any atom is 0.226 e. The van der Waals surface area contributed by atoms with Crippen LogP contribution in [0.1, 0.15) is 58.3 Å². The summed E-state index contributed by atoms with van der Waals surface area (Å²) in [6.07, 6.45) is 9.00. The minimum absolute atomic E-state index is 0.0572. The van der Waals surface area contributed by atoms with Crippen molar-refractivity contribution < 1.29 is 4.79 Å². The first-order valence-corrected chi connectivity index (χ1v) is 8.51. The maximum atomic E-state index is 12.9. The molecule has 0 spiro atoms. The summed E-state index contributed by atoms with van der Waals surface area (Å²) in [4.78, 5) is 13.4. The molecule has 1 atom stereocenters. The minimum Gasteiger partial charge on any atom is -0.393 e. The van der Waals surface area contributed by atoms with E-state index >= 15 is 0 Å². The number of carbonyl (C=O) groups excluding carboxylic acids is 1. The Bertz CT molecular complexity index is 385. The molecule has 0 saturated heterocycles. The van der Waals surface area contributed by atoms with Gasteiger partial charge in [-0.15, -0.1) is 0 Å². The highest BCUT2D eigenvalue weighted by Crippen LogP contribution is 2.60. The lowest BCUT2D eigenvalue weighted by atomic mass is 9.49. The molecule has 0 aromatic carbocycles. The SMILES string of the molecule is CCC(CC(N)=S)NC(=O)C12CC3CC(CC(C3)C1)C2. The molecule has 3 N–H and O–H groups in total. The molecule has 0 aromatic heterocycles. The molecule has 0 heterocycles. The standard InChI is InChI=1S/C16H26N2OS/c1-2-13(6-14(17)20)18-15(19)16-7-10-3-11(8-16)5-12(4-10)9-16/h10-13H,2-9H2,1H3,(H2,17,20)(H,18,19). The zero-order chi connectivity index (χ0) is 14.3. The van der Waals surface area contributed by atoms with Crippen LogP contribution in [0.3, 0.4) is 0 Å². The molecule has 4 rings (SSSR count). The van der Waals surface area contributed by atoms with Crippen LogP contribution in [-0.2, 0) is 4.79 Å². The average Bonchev–Trinajstić information content (AvgIpc) is 2.35. The van der Waals surface area contributed by atoms with Crippen molar-refractivity contribution in [1.82, 2.24) is 5.32 Å². The zero-order valence-corrected chi connectivity index (χ0v) is 13.2. The van der Waals surface area contributed by atoms with Crippen molar-refractivity contribution in [1.29, 1.82) is 0 Å². The summed E-state index contributed by atoms with van der Waals surface area (Å²) in [6.45, 7) is 2.09. The number of thiocarbonyl (C=S) groups is 1. The first-order valence-electron chi connectivity index (χ1n) is 8.10. The molecule has 112 valence electrons. The van der Waals surface area contributed by atoms with E-state index in [1.807, 2.05) is 0 Å². The van der Waals surface area contributed by atoms with Crippen LogP contribution in [0.4, 0.5) is 0 Å². The Labute approximate surface area is 127 Å². The Morgan fingerprint density at radius 3 is 2.15 bits per heavy atom. The molecule has 4 aliphatic carbocycles.